The summed E-state index contributed by atoms with van der Waals surface area (Å²) in [6, 6.07) is 8.94. The van der Waals surface area contributed by atoms with E-state index in [-0.39, 0.29) is 29.5 Å². The maximum absolute atomic E-state index is 12.4. The molecular formula is C21H19N3O5. The van der Waals surface area contributed by atoms with Gasteiger partial charge in [0.1, 0.15) is 17.1 Å². The highest BCUT2D eigenvalue weighted by Crippen LogP contribution is 2.43. The van der Waals surface area contributed by atoms with Crippen molar-refractivity contribution in [2.75, 3.05) is 19.5 Å². The number of nitrogens with one attached hydrogen (secondary N) is 1. The number of aromatic carboxylic acids is 1. The van der Waals surface area contributed by atoms with E-state index in [9.17, 15) is 14.7 Å². The van der Waals surface area contributed by atoms with Crippen molar-refractivity contribution in [3.05, 3.63) is 65.7 Å². The van der Waals surface area contributed by atoms with Gasteiger partial charge < -0.3 is 24.5 Å². The molecule has 8 heteroatoms. The fraction of sp³-hybridized carbons (Fsp3) is 0.190. The third kappa shape index (κ3) is 3.18. The normalized spacial score (nSPS) is 15.4. The Labute approximate surface area is 166 Å². The summed E-state index contributed by atoms with van der Waals surface area (Å²) in [6.07, 6.45) is 5.01. The summed E-state index contributed by atoms with van der Waals surface area (Å²) in [7, 11) is 3.10. The number of hydrogen-bond donors (Lipinski definition) is 2. The molecule has 0 spiro atoms. The molecule has 0 bridgehead atoms. The van der Waals surface area contributed by atoms with Crippen LogP contribution in [0.15, 0.2) is 48.9 Å². The molecule has 29 heavy (non-hydrogen) atoms. The number of carbonyl (C=O) groups excluding carboxylic acids is 1. The maximum atomic E-state index is 12.4. The number of fused-ring (bicyclic) bond motifs is 1. The van der Waals surface area contributed by atoms with E-state index in [2.05, 4.69) is 10.3 Å². The minimum absolute atomic E-state index is 0.00631. The predicted octanol–water partition coefficient (Wildman–Crippen LogP) is 3.06. The summed E-state index contributed by atoms with van der Waals surface area (Å²) in [6.45, 7) is 0. The standard InChI is InChI=1S/C21H19N3O5/c1-28-13-5-6-17(29-2)16(8-13)24-11-15(21(26)27)19-20(24)14(9-18(25)23-19)12-4-3-7-22-10-12/h3-8,10-11,14H,9H2,1-2H3,(H,23,25)(H,26,27)/t14-/m0/s1. The first kappa shape index (κ1) is 18.5. The molecule has 2 aromatic heterocycles. The van der Waals surface area contributed by atoms with Gasteiger partial charge >= 0.3 is 5.97 Å². The van der Waals surface area contributed by atoms with Crippen molar-refractivity contribution in [2.45, 2.75) is 12.3 Å². The second-order valence-electron chi connectivity index (χ2n) is 6.61. The number of aromatic nitrogens is 2. The van der Waals surface area contributed by atoms with Gasteiger partial charge in [0.25, 0.3) is 0 Å². The Morgan fingerprint density at radius 2 is 2.10 bits per heavy atom. The third-order valence-electron chi connectivity index (χ3n) is 4.99. The van der Waals surface area contributed by atoms with Crippen LogP contribution in [0.4, 0.5) is 5.69 Å². The molecule has 1 atom stereocenters. The lowest BCUT2D eigenvalue weighted by atomic mass is 9.89. The summed E-state index contributed by atoms with van der Waals surface area (Å²) in [5.74, 6) is -0.602. The first-order chi connectivity index (χ1) is 14.0. The molecule has 1 aliphatic heterocycles. The van der Waals surface area contributed by atoms with E-state index < -0.39 is 5.97 Å². The van der Waals surface area contributed by atoms with Crippen LogP contribution in [0.2, 0.25) is 0 Å². The largest absolute Gasteiger partial charge is 0.497 e. The van der Waals surface area contributed by atoms with Gasteiger partial charge in [0.15, 0.2) is 0 Å². The number of methoxy groups -OCH3 is 2. The van der Waals surface area contributed by atoms with Crippen LogP contribution >= 0.6 is 0 Å². The minimum atomic E-state index is -1.13. The lowest BCUT2D eigenvalue weighted by Crippen LogP contribution is -2.25. The van der Waals surface area contributed by atoms with Gasteiger partial charge in [-0.25, -0.2) is 4.79 Å². The van der Waals surface area contributed by atoms with Gasteiger partial charge in [0.2, 0.25) is 5.91 Å². The highest BCUT2D eigenvalue weighted by atomic mass is 16.5. The minimum Gasteiger partial charge on any atom is -0.497 e. The Balaban J connectivity index is 2.01. The van der Waals surface area contributed by atoms with Crippen molar-refractivity contribution in [1.29, 1.82) is 0 Å². The number of anilines is 1. The van der Waals surface area contributed by atoms with E-state index in [0.29, 0.717) is 22.9 Å². The van der Waals surface area contributed by atoms with Gasteiger partial charge in [0, 0.05) is 37.0 Å². The number of carboxylic acid groups (broad SMARTS) is 1. The first-order valence-corrected chi connectivity index (χ1v) is 8.94. The van der Waals surface area contributed by atoms with Gasteiger partial charge in [-0.2, -0.15) is 0 Å². The Morgan fingerprint density at radius 3 is 2.76 bits per heavy atom. The third-order valence-corrected chi connectivity index (χ3v) is 4.99. The lowest BCUT2D eigenvalue weighted by Gasteiger charge is -2.26. The van der Waals surface area contributed by atoms with Gasteiger partial charge in [-0.05, 0) is 23.8 Å². The molecule has 0 aliphatic carbocycles. The number of carboxylic acids is 1. The molecule has 0 radical (unpaired) electrons. The van der Waals surface area contributed by atoms with Crippen LogP contribution in [0, 0.1) is 0 Å². The van der Waals surface area contributed by atoms with Gasteiger partial charge in [-0.15, -0.1) is 0 Å². The number of nitrogens with zero attached hydrogens (tertiary/aromatic N) is 2. The fourth-order valence-electron chi connectivity index (χ4n) is 3.67. The Bertz CT molecular complexity index is 1090. The van der Waals surface area contributed by atoms with Crippen LogP contribution in [0.3, 0.4) is 0 Å². The second kappa shape index (κ2) is 7.31. The molecular weight excluding hydrogens is 374 g/mol. The molecule has 3 heterocycles. The van der Waals surface area contributed by atoms with Crippen molar-refractivity contribution in [1.82, 2.24) is 9.55 Å². The maximum Gasteiger partial charge on any atom is 0.339 e. The van der Waals surface area contributed by atoms with Crippen LogP contribution in [0.25, 0.3) is 5.69 Å². The molecule has 3 aromatic rings. The summed E-state index contributed by atoms with van der Waals surface area (Å²) in [5, 5.41) is 12.5. The number of rotatable bonds is 5. The first-order valence-electron chi connectivity index (χ1n) is 8.94. The number of hydrogen-bond acceptors (Lipinski definition) is 5. The summed E-state index contributed by atoms with van der Waals surface area (Å²) >= 11 is 0. The average Bonchev–Trinajstić information content (AvgIpc) is 3.12. The van der Waals surface area contributed by atoms with Crippen molar-refractivity contribution in [2.24, 2.45) is 0 Å². The number of benzene rings is 1. The highest BCUT2D eigenvalue weighted by Gasteiger charge is 2.35. The summed E-state index contributed by atoms with van der Waals surface area (Å²) < 4.78 is 12.6. The van der Waals surface area contributed by atoms with E-state index in [1.165, 1.54) is 6.20 Å². The number of ether oxygens (including phenoxy) is 2. The van der Waals surface area contributed by atoms with Gasteiger partial charge in [-0.3, -0.25) is 9.78 Å². The van der Waals surface area contributed by atoms with Crippen molar-refractivity contribution in [3.8, 4) is 17.2 Å². The zero-order valence-corrected chi connectivity index (χ0v) is 15.9. The molecule has 2 N–H and O–H groups in total. The fourth-order valence-corrected chi connectivity index (χ4v) is 3.67. The smallest absolute Gasteiger partial charge is 0.339 e. The quantitative estimate of drug-likeness (QED) is 0.691. The average molecular weight is 393 g/mol. The van der Waals surface area contributed by atoms with Crippen molar-refractivity contribution < 1.29 is 24.2 Å². The van der Waals surface area contributed by atoms with Crippen molar-refractivity contribution >= 4 is 17.6 Å². The zero-order valence-electron chi connectivity index (χ0n) is 15.9. The van der Waals surface area contributed by atoms with E-state index in [1.807, 2.05) is 6.07 Å². The number of amides is 1. The molecule has 148 valence electrons. The lowest BCUT2D eigenvalue weighted by molar-refractivity contribution is -0.116. The van der Waals surface area contributed by atoms with E-state index in [1.54, 1.807) is 55.4 Å². The van der Waals surface area contributed by atoms with Crippen LogP contribution in [0.5, 0.6) is 11.5 Å². The van der Waals surface area contributed by atoms with E-state index in [4.69, 9.17) is 9.47 Å². The monoisotopic (exact) mass is 393 g/mol. The molecule has 4 rings (SSSR count). The summed E-state index contributed by atoms with van der Waals surface area (Å²) in [5.41, 5.74) is 2.38. The zero-order chi connectivity index (χ0) is 20.5. The molecule has 1 aromatic carbocycles. The Hall–Kier alpha value is -3.81. The second-order valence-corrected chi connectivity index (χ2v) is 6.61. The Morgan fingerprint density at radius 1 is 1.28 bits per heavy atom. The molecule has 1 amide bonds. The van der Waals surface area contributed by atoms with E-state index >= 15 is 0 Å². The van der Waals surface area contributed by atoms with E-state index in [0.717, 1.165) is 5.56 Å². The van der Waals surface area contributed by atoms with Gasteiger partial charge in [-0.1, -0.05) is 6.07 Å². The SMILES string of the molecule is COc1ccc(OC)c(-n2cc(C(=O)O)c3c2[C@H](c2cccnc2)CC(=O)N3)c1. The van der Waals surface area contributed by atoms with Gasteiger partial charge in [0.05, 0.1) is 31.3 Å². The highest BCUT2D eigenvalue weighted by molar-refractivity contribution is 6.04. The molecule has 0 saturated carbocycles. The van der Waals surface area contributed by atoms with Crippen LogP contribution in [0.1, 0.15) is 34.0 Å². The molecule has 8 nitrogen and oxygen atoms in total. The number of pyridine rings is 1. The number of carbonyl (C=O) groups is 2. The Kier molecular flexibility index (Phi) is 4.67. The summed E-state index contributed by atoms with van der Waals surface area (Å²) in [4.78, 5) is 28.4. The van der Waals surface area contributed by atoms with Crippen LogP contribution < -0.4 is 14.8 Å². The molecule has 0 fully saturated rings. The molecule has 1 aliphatic rings. The molecule has 0 unspecified atom stereocenters. The van der Waals surface area contributed by atoms with Crippen LogP contribution in [-0.4, -0.2) is 40.8 Å². The molecule has 0 saturated heterocycles. The topological polar surface area (TPSA) is 103 Å². The van der Waals surface area contributed by atoms with Crippen LogP contribution in [-0.2, 0) is 4.79 Å². The van der Waals surface area contributed by atoms with Crippen molar-refractivity contribution in [3.63, 3.8) is 0 Å². The predicted molar refractivity (Wildman–Crippen MR) is 105 cm³/mol.